The second kappa shape index (κ2) is 5.75. The van der Waals surface area contributed by atoms with E-state index < -0.39 is 0 Å². The molecule has 1 saturated heterocycles. The maximum Gasteiger partial charge on any atom is 0.175 e. The molecule has 0 spiro atoms. The molecule has 0 amide bonds. The lowest BCUT2D eigenvalue weighted by atomic mass is 10.1. The van der Waals surface area contributed by atoms with Crippen LogP contribution in [0, 0.1) is 0 Å². The van der Waals surface area contributed by atoms with Crippen LogP contribution in [0.5, 0.6) is 5.75 Å². The highest BCUT2D eigenvalue weighted by Crippen LogP contribution is 2.27. The molecule has 0 atom stereocenters. The summed E-state index contributed by atoms with van der Waals surface area (Å²) in [5.74, 6) is 0.810. The van der Waals surface area contributed by atoms with Crippen molar-refractivity contribution in [3.63, 3.8) is 0 Å². The van der Waals surface area contributed by atoms with Crippen LogP contribution in [0.15, 0.2) is 24.3 Å². The molecule has 0 bridgehead atoms. The fourth-order valence-corrected chi connectivity index (χ4v) is 2.42. The molecule has 1 aromatic carbocycles. The highest BCUT2D eigenvalue weighted by Gasteiger charge is 2.34. The molecule has 1 aliphatic rings. The first kappa shape index (κ1) is 14.1. The number of rotatable bonds is 3. The van der Waals surface area contributed by atoms with Gasteiger partial charge in [0.05, 0.1) is 24.4 Å². The van der Waals surface area contributed by atoms with E-state index in [2.05, 4.69) is 19.2 Å². The lowest BCUT2D eigenvalue weighted by Gasteiger charge is -2.31. The summed E-state index contributed by atoms with van der Waals surface area (Å²) in [6.07, 6.45) is 0. The molecule has 2 rings (SSSR count). The van der Waals surface area contributed by atoms with Crippen LogP contribution in [0.25, 0.3) is 0 Å². The van der Waals surface area contributed by atoms with E-state index in [4.69, 9.17) is 21.7 Å². The van der Waals surface area contributed by atoms with Crippen LogP contribution in [-0.2, 0) is 4.74 Å². The zero-order valence-corrected chi connectivity index (χ0v) is 12.4. The molecule has 5 heteroatoms. The van der Waals surface area contributed by atoms with Crippen molar-refractivity contribution in [2.75, 3.05) is 25.3 Å². The molecule has 19 heavy (non-hydrogen) atoms. The van der Waals surface area contributed by atoms with E-state index in [1.165, 1.54) is 0 Å². The molecule has 1 aliphatic heterocycles. The van der Waals surface area contributed by atoms with E-state index in [-0.39, 0.29) is 5.54 Å². The minimum absolute atomic E-state index is 0.0787. The summed E-state index contributed by atoms with van der Waals surface area (Å²) in [6, 6.07) is 7.79. The molecule has 0 aromatic heterocycles. The summed E-state index contributed by atoms with van der Waals surface area (Å²) in [4.78, 5) is 2.05. The predicted molar refractivity (Wildman–Crippen MR) is 80.6 cm³/mol. The topological polar surface area (TPSA) is 33.7 Å². The van der Waals surface area contributed by atoms with Gasteiger partial charge in [-0.2, -0.15) is 0 Å². The lowest BCUT2D eigenvalue weighted by Crippen LogP contribution is -2.46. The Morgan fingerprint density at radius 3 is 2.84 bits per heavy atom. The van der Waals surface area contributed by atoms with E-state index in [9.17, 15) is 0 Å². The Labute approximate surface area is 119 Å². The summed E-state index contributed by atoms with van der Waals surface area (Å²) in [5, 5.41) is 3.91. The first-order chi connectivity index (χ1) is 9.04. The average molecular weight is 280 g/mol. The monoisotopic (exact) mass is 280 g/mol. The molecule has 1 heterocycles. The van der Waals surface area contributed by atoms with Crippen LogP contribution >= 0.6 is 12.2 Å². The Balaban J connectivity index is 2.11. The number of nitrogens with one attached hydrogen (secondary N) is 1. The zero-order chi connectivity index (χ0) is 13.9. The van der Waals surface area contributed by atoms with E-state index in [1.807, 2.05) is 36.1 Å². The van der Waals surface area contributed by atoms with E-state index >= 15 is 0 Å². The highest BCUT2D eigenvalue weighted by atomic mass is 32.1. The van der Waals surface area contributed by atoms with Gasteiger partial charge in [0.2, 0.25) is 0 Å². The number of hydrogen-bond acceptors (Lipinski definition) is 3. The van der Waals surface area contributed by atoms with Gasteiger partial charge < -0.3 is 19.7 Å². The SMILES string of the molecule is CCOc1ccccc1NC(=S)N1COCC1(C)C. The van der Waals surface area contributed by atoms with Gasteiger partial charge in [-0.05, 0) is 45.1 Å². The number of benzene rings is 1. The number of anilines is 1. The standard InChI is InChI=1S/C14H20N2O2S/c1-4-18-12-8-6-5-7-11(12)15-13(19)16-10-17-9-14(16,2)3/h5-8H,4,9-10H2,1-3H3,(H,15,19). The Morgan fingerprint density at radius 1 is 1.47 bits per heavy atom. The van der Waals surface area contributed by atoms with Gasteiger partial charge in [0.1, 0.15) is 12.5 Å². The highest BCUT2D eigenvalue weighted by molar-refractivity contribution is 7.80. The van der Waals surface area contributed by atoms with Crippen LogP contribution in [0.2, 0.25) is 0 Å². The Hall–Kier alpha value is -1.33. The maximum absolute atomic E-state index is 5.58. The van der Waals surface area contributed by atoms with Gasteiger partial charge in [-0.3, -0.25) is 0 Å². The smallest absolute Gasteiger partial charge is 0.175 e. The first-order valence-corrected chi connectivity index (χ1v) is 6.83. The Kier molecular flexibility index (Phi) is 4.27. The zero-order valence-electron chi connectivity index (χ0n) is 11.6. The molecule has 1 aromatic rings. The minimum Gasteiger partial charge on any atom is -0.492 e. The van der Waals surface area contributed by atoms with Gasteiger partial charge in [-0.15, -0.1) is 0 Å². The maximum atomic E-state index is 5.58. The Morgan fingerprint density at radius 2 is 2.21 bits per heavy atom. The summed E-state index contributed by atoms with van der Waals surface area (Å²) in [6.45, 7) is 8.03. The van der Waals surface area contributed by atoms with Crippen molar-refractivity contribution in [1.29, 1.82) is 0 Å². The van der Waals surface area contributed by atoms with Gasteiger partial charge in [0.15, 0.2) is 5.11 Å². The minimum atomic E-state index is -0.0787. The van der Waals surface area contributed by atoms with E-state index in [0.717, 1.165) is 11.4 Å². The molecular weight excluding hydrogens is 260 g/mol. The van der Waals surface area contributed by atoms with Crippen LogP contribution in [-0.4, -0.2) is 35.5 Å². The summed E-state index contributed by atoms with van der Waals surface area (Å²) < 4.78 is 11.1. The summed E-state index contributed by atoms with van der Waals surface area (Å²) in [7, 11) is 0. The quantitative estimate of drug-likeness (QED) is 0.861. The molecule has 0 saturated carbocycles. The van der Waals surface area contributed by atoms with Gasteiger partial charge in [-0.1, -0.05) is 12.1 Å². The molecule has 0 aliphatic carbocycles. The van der Waals surface area contributed by atoms with Crippen LogP contribution in [0.4, 0.5) is 5.69 Å². The van der Waals surface area contributed by atoms with Crippen LogP contribution in [0.1, 0.15) is 20.8 Å². The number of ether oxygens (including phenoxy) is 2. The molecule has 4 nitrogen and oxygen atoms in total. The van der Waals surface area contributed by atoms with Crippen molar-refractivity contribution in [2.45, 2.75) is 26.3 Å². The van der Waals surface area contributed by atoms with Crippen LogP contribution in [0.3, 0.4) is 0 Å². The number of hydrogen-bond donors (Lipinski definition) is 1. The molecule has 104 valence electrons. The summed E-state index contributed by atoms with van der Waals surface area (Å²) >= 11 is 5.47. The van der Waals surface area contributed by atoms with Crippen molar-refractivity contribution < 1.29 is 9.47 Å². The average Bonchev–Trinajstić information content (AvgIpc) is 2.72. The second-order valence-corrected chi connectivity index (χ2v) is 5.46. The van der Waals surface area contributed by atoms with Gasteiger partial charge in [0, 0.05) is 0 Å². The molecule has 1 N–H and O–H groups in total. The van der Waals surface area contributed by atoms with Gasteiger partial charge in [0.25, 0.3) is 0 Å². The first-order valence-electron chi connectivity index (χ1n) is 6.43. The number of para-hydroxylation sites is 2. The molecule has 1 fully saturated rings. The van der Waals surface area contributed by atoms with Crippen molar-refractivity contribution in [2.24, 2.45) is 0 Å². The number of thiocarbonyl (C=S) groups is 1. The Bertz CT molecular complexity index is 463. The summed E-state index contributed by atoms with van der Waals surface area (Å²) in [5.41, 5.74) is 0.807. The largest absolute Gasteiger partial charge is 0.492 e. The van der Waals surface area contributed by atoms with Gasteiger partial charge in [-0.25, -0.2) is 0 Å². The predicted octanol–water partition coefficient (Wildman–Crippen LogP) is 2.85. The van der Waals surface area contributed by atoms with Crippen molar-refractivity contribution in [3.8, 4) is 5.75 Å². The van der Waals surface area contributed by atoms with Gasteiger partial charge >= 0.3 is 0 Å². The second-order valence-electron chi connectivity index (χ2n) is 5.08. The van der Waals surface area contributed by atoms with E-state index in [0.29, 0.717) is 25.1 Å². The van der Waals surface area contributed by atoms with E-state index in [1.54, 1.807) is 0 Å². The lowest BCUT2D eigenvalue weighted by molar-refractivity contribution is 0.169. The molecular formula is C14H20N2O2S. The third-order valence-corrected chi connectivity index (χ3v) is 3.40. The van der Waals surface area contributed by atoms with Crippen molar-refractivity contribution in [3.05, 3.63) is 24.3 Å². The van der Waals surface area contributed by atoms with Crippen LogP contribution < -0.4 is 10.1 Å². The third-order valence-electron chi connectivity index (χ3n) is 3.08. The molecule has 0 unspecified atom stereocenters. The fourth-order valence-electron chi connectivity index (χ4n) is 2.01. The fraction of sp³-hybridized carbons (Fsp3) is 0.500. The van der Waals surface area contributed by atoms with Crippen molar-refractivity contribution in [1.82, 2.24) is 4.90 Å². The third kappa shape index (κ3) is 3.16. The van der Waals surface area contributed by atoms with Crippen molar-refractivity contribution >= 4 is 23.0 Å². The molecule has 0 radical (unpaired) electrons. The number of nitrogens with zero attached hydrogens (tertiary/aromatic N) is 1. The normalized spacial score (nSPS) is 17.3.